The first-order valence-corrected chi connectivity index (χ1v) is 7.75. The Labute approximate surface area is 132 Å². The van der Waals surface area contributed by atoms with Gasteiger partial charge in [-0.3, -0.25) is 14.4 Å². The zero-order valence-corrected chi connectivity index (χ0v) is 14.0. The highest BCUT2D eigenvalue weighted by Crippen LogP contribution is 2.19. The van der Waals surface area contributed by atoms with Gasteiger partial charge in [0.1, 0.15) is 11.4 Å². The molecule has 0 saturated carbocycles. The third-order valence-corrected chi connectivity index (χ3v) is 3.59. The fourth-order valence-electron chi connectivity index (χ4n) is 2.47. The maximum absolute atomic E-state index is 11.9. The number of rotatable bonds is 6. The van der Waals surface area contributed by atoms with E-state index in [1.54, 1.807) is 0 Å². The van der Waals surface area contributed by atoms with Crippen LogP contribution >= 0.6 is 0 Å². The maximum Gasteiger partial charge on any atom is 0.307 e. The molecule has 0 aromatic heterocycles. The minimum absolute atomic E-state index is 0.147. The quantitative estimate of drug-likeness (QED) is 0.693. The lowest BCUT2D eigenvalue weighted by atomic mass is 9.92. The molecule has 0 aromatic carbocycles. The minimum Gasteiger partial charge on any atom is -0.469 e. The second-order valence-electron chi connectivity index (χ2n) is 6.67. The van der Waals surface area contributed by atoms with Crippen LogP contribution in [0.1, 0.15) is 46.5 Å². The van der Waals surface area contributed by atoms with Gasteiger partial charge in [-0.1, -0.05) is 0 Å². The van der Waals surface area contributed by atoms with E-state index in [9.17, 15) is 14.4 Å². The second-order valence-corrected chi connectivity index (χ2v) is 6.67. The van der Waals surface area contributed by atoms with Crippen molar-refractivity contribution in [1.29, 1.82) is 0 Å². The molecule has 126 valence electrons. The third kappa shape index (κ3) is 7.02. The normalized spacial score (nSPS) is 19.8. The van der Waals surface area contributed by atoms with Crippen LogP contribution in [0.3, 0.4) is 0 Å². The molecule has 0 radical (unpaired) electrons. The number of hydrogen-bond acceptors (Lipinski definition) is 6. The van der Waals surface area contributed by atoms with Gasteiger partial charge in [-0.05, 0) is 27.2 Å². The van der Waals surface area contributed by atoms with Crippen molar-refractivity contribution in [3.05, 3.63) is 0 Å². The monoisotopic (exact) mass is 313 g/mol. The summed E-state index contributed by atoms with van der Waals surface area (Å²) >= 11 is 0. The summed E-state index contributed by atoms with van der Waals surface area (Å²) in [6.45, 7) is 7.36. The summed E-state index contributed by atoms with van der Waals surface area (Å²) in [5, 5.41) is 0. The number of Topliss-reactive ketones (excluding diaryl/α,β-unsaturated/α-hetero) is 1. The number of nitrogens with zero attached hydrogens (tertiary/aromatic N) is 1. The molecule has 1 fully saturated rings. The van der Waals surface area contributed by atoms with E-state index >= 15 is 0 Å². The van der Waals surface area contributed by atoms with Crippen molar-refractivity contribution in [1.82, 2.24) is 4.90 Å². The Morgan fingerprint density at radius 1 is 1.23 bits per heavy atom. The minimum atomic E-state index is -0.474. The number of likely N-dealkylation sites (tertiary alicyclic amines) is 1. The number of hydrogen-bond donors (Lipinski definition) is 0. The van der Waals surface area contributed by atoms with Gasteiger partial charge in [-0.15, -0.1) is 0 Å². The van der Waals surface area contributed by atoms with E-state index in [2.05, 4.69) is 9.64 Å². The Kier molecular flexibility index (Phi) is 7.00. The van der Waals surface area contributed by atoms with E-state index in [4.69, 9.17) is 4.74 Å². The van der Waals surface area contributed by atoms with Crippen molar-refractivity contribution < 1.29 is 23.9 Å². The second kappa shape index (κ2) is 8.27. The Bertz CT molecular complexity index is 413. The lowest BCUT2D eigenvalue weighted by Crippen LogP contribution is -2.42. The molecular weight excluding hydrogens is 286 g/mol. The van der Waals surface area contributed by atoms with Crippen LogP contribution in [0, 0.1) is 5.92 Å². The van der Waals surface area contributed by atoms with Gasteiger partial charge in [0, 0.05) is 38.4 Å². The predicted octanol–water partition coefficient (Wildman–Crippen LogP) is 1.56. The third-order valence-electron chi connectivity index (χ3n) is 3.59. The number of ketones is 1. The molecule has 1 heterocycles. The highest BCUT2D eigenvalue weighted by Gasteiger charge is 2.28. The molecule has 1 unspecified atom stereocenters. The number of carbonyl (C=O) groups excluding carboxylic acids is 3. The summed E-state index contributed by atoms with van der Waals surface area (Å²) in [4.78, 5) is 36.9. The van der Waals surface area contributed by atoms with Crippen LogP contribution in [0.4, 0.5) is 0 Å². The Balaban J connectivity index is 2.38. The van der Waals surface area contributed by atoms with Gasteiger partial charge in [0.15, 0.2) is 0 Å². The van der Waals surface area contributed by atoms with E-state index in [0.717, 1.165) is 0 Å². The lowest BCUT2D eigenvalue weighted by Gasteiger charge is -2.31. The molecule has 0 aromatic rings. The largest absolute Gasteiger partial charge is 0.469 e. The van der Waals surface area contributed by atoms with E-state index in [-0.39, 0.29) is 30.1 Å². The van der Waals surface area contributed by atoms with Crippen LogP contribution in [0.15, 0.2) is 0 Å². The molecule has 0 aliphatic carbocycles. The molecule has 0 amide bonds. The molecule has 0 spiro atoms. The average Bonchev–Trinajstić information content (AvgIpc) is 2.42. The first kappa shape index (κ1) is 18.6. The molecule has 0 N–H and O–H groups in total. The van der Waals surface area contributed by atoms with Crippen molar-refractivity contribution in [2.75, 3.05) is 26.7 Å². The number of piperidine rings is 1. The molecule has 22 heavy (non-hydrogen) atoms. The summed E-state index contributed by atoms with van der Waals surface area (Å²) in [5.74, 6) is -0.474. The topological polar surface area (TPSA) is 72.9 Å². The molecule has 6 nitrogen and oxygen atoms in total. The average molecular weight is 313 g/mol. The van der Waals surface area contributed by atoms with Crippen LogP contribution in [0.2, 0.25) is 0 Å². The van der Waals surface area contributed by atoms with E-state index in [1.165, 1.54) is 7.11 Å². The Morgan fingerprint density at radius 3 is 2.50 bits per heavy atom. The molecule has 1 saturated heterocycles. The van der Waals surface area contributed by atoms with Crippen molar-refractivity contribution in [3.63, 3.8) is 0 Å². The zero-order chi connectivity index (χ0) is 16.8. The first-order valence-electron chi connectivity index (χ1n) is 7.75. The van der Waals surface area contributed by atoms with Gasteiger partial charge in [0.2, 0.25) is 0 Å². The molecule has 0 bridgehead atoms. The smallest absolute Gasteiger partial charge is 0.307 e. The number of methoxy groups -OCH3 is 1. The summed E-state index contributed by atoms with van der Waals surface area (Å²) in [6, 6.07) is 0. The van der Waals surface area contributed by atoms with Crippen LogP contribution in [0.25, 0.3) is 0 Å². The molecule has 1 aliphatic rings. The maximum atomic E-state index is 11.9. The van der Waals surface area contributed by atoms with Crippen molar-refractivity contribution >= 4 is 17.7 Å². The summed E-state index contributed by atoms with van der Waals surface area (Å²) in [5.41, 5.74) is -0.474. The van der Waals surface area contributed by atoms with Crippen LogP contribution < -0.4 is 0 Å². The molecule has 1 aliphatic heterocycles. The Morgan fingerprint density at radius 2 is 1.91 bits per heavy atom. The highest BCUT2D eigenvalue weighted by atomic mass is 16.6. The van der Waals surface area contributed by atoms with E-state index in [0.29, 0.717) is 38.9 Å². The fourth-order valence-corrected chi connectivity index (χ4v) is 2.47. The molecule has 6 heteroatoms. The van der Waals surface area contributed by atoms with Crippen LogP contribution in [-0.2, 0) is 23.9 Å². The Hall–Kier alpha value is -1.43. The summed E-state index contributed by atoms with van der Waals surface area (Å²) < 4.78 is 9.88. The van der Waals surface area contributed by atoms with Gasteiger partial charge in [-0.25, -0.2) is 0 Å². The van der Waals surface area contributed by atoms with Gasteiger partial charge < -0.3 is 14.4 Å². The summed E-state index contributed by atoms with van der Waals surface area (Å²) in [6.07, 6.45) is 1.55. The highest BCUT2D eigenvalue weighted by molar-refractivity contribution is 5.82. The van der Waals surface area contributed by atoms with Crippen molar-refractivity contribution in [3.8, 4) is 0 Å². The van der Waals surface area contributed by atoms with Gasteiger partial charge in [0.25, 0.3) is 0 Å². The van der Waals surface area contributed by atoms with Crippen molar-refractivity contribution in [2.24, 2.45) is 5.92 Å². The van der Waals surface area contributed by atoms with Gasteiger partial charge in [-0.2, -0.15) is 0 Å². The van der Waals surface area contributed by atoms with Gasteiger partial charge in [0.05, 0.1) is 13.5 Å². The molecule has 1 rings (SSSR count). The first-order chi connectivity index (χ1) is 10.2. The fraction of sp³-hybridized carbons (Fsp3) is 0.812. The van der Waals surface area contributed by atoms with Crippen LogP contribution in [-0.4, -0.2) is 55.0 Å². The van der Waals surface area contributed by atoms with Crippen molar-refractivity contribution in [2.45, 2.75) is 52.1 Å². The lowest BCUT2D eigenvalue weighted by molar-refractivity contribution is -0.155. The molecular formula is C16H27NO5. The SMILES string of the molecule is COC(=O)CCC1CN(CCC(=O)OC(C)(C)C)CCC1=O. The van der Waals surface area contributed by atoms with E-state index in [1.807, 2.05) is 20.8 Å². The predicted molar refractivity (Wildman–Crippen MR) is 81.3 cm³/mol. The van der Waals surface area contributed by atoms with E-state index < -0.39 is 5.60 Å². The summed E-state index contributed by atoms with van der Waals surface area (Å²) in [7, 11) is 1.35. The van der Waals surface area contributed by atoms with Gasteiger partial charge >= 0.3 is 11.9 Å². The van der Waals surface area contributed by atoms with Crippen LogP contribution in [0.5, 0.6) is 0 Å². The number of ether oxygens (including phenoxy) is 2. The number of carbonyl (C=O) groups is 3. The molecule has 1 atom stereocenters. The number of esters is 2. The zero-order valence-electron chi connectivity index (χ0n) is 14.0. The standard InChI is InChI=1S/C16H27NO5/c1-16(2,3)22-15(20)8-10-17-9-7-13(18)12(11-17)5-6-14(19)21-4/h12H,5-11H2,1-4H3.